The molecule has 2 aromatic rings. The van der Waals surface area contributed by atoms with Crippen LogP contribution in [0.4, 0.5) is 18.9 Å². The van der Waals surface area contributed by atoms with Crippen LogP contribution in [0.3, 0.4) is 0 Å². The van der Waals surface area contributed by atoms with E-state index in [4.69, 9.17) is 11.6 Å². The quantitative estimate of drug-likeness (QED) is 0.791. The van der Waals surface area contributed by atoms with Crippen molar-refractivity contribution in [1.29, 1.82) is 0 Å². The molecule has 0 bridgehead atoms. The predicted octanol–water partition coefficient (Wildman–Crippen LogP) is 4.64. The normalized spacial score (nSPS) is 11.3. The molecule has 0 N–H and O–H groups in total. The summed E-state index contributed by atoms with van der Waals surface area (Å²) in [5, 5.41) is 0.513. The Kier molecular flexibility index (Phi) is 4.23. The molecular weight excluding hydrogens is 303 g/mol. The Morgan fingerprint density at radius 2 is 1.71 bits per heavy atom. The molecule has 0 heterocycles. The van der Waals surface area contributed by atoms with Gasteiger partial charge >= 0.3 is 6.18 Å². The maximum absolute atomic E-state index is 12.7. The minimum absolute atomic E-state index is 0.0257. The molecule has 0 atom stereocenters. The largest absolute Gasteiger partial charge is 0.416 e. The lowest BCUT2D eigenvalue weighted by Crippen LogP contribution is -2.26. The van der Waals surface area contributed by atoms with E-state index in [-0.39, 0.29) is 5.56 Å². The maximum atomic E-state index is 12.7. The Bertz CT molecular complexity index is 653. The first-order valence-corrected chi connectivity index (χ1v) is 6.38. The summed E-state index contributed by atoms with van der Waals surface area (Å²) in [5.74, 6) is -0.525. The summed E-state index contributed by atoms with van der Waals surface area (Å²) >= 11 is 5.76. The average molecular weight is 314 g/mol. The number of carbonyl (C=O) groups is 1. The molecule has 2 nitrogen and oxygen atoms in total. The minimum Gasteiger partial charge on any atom is -0.311 e. The highest BCUT2D eigenvalue weighted by Gasteiger charge is 2.31. The van der Waals surface area contributed by atoms with Crippen LogP contribution >= 0.6 is 11.6 Å². The van der Waals surface area contributed by atoms with Gasteiger partial charge in [0.1, 0.15) is 0 Å². The van der Waals surface area contributed by atoms with Crippen molar-refractivity contribution in [2.75, 3.05) is 11.9 Å². The number of hydrogen-bond donors (Lipinski definition) is 0. The average Bonchev–Trinajstić information content (AvgIpc) is 2.46. The number of carbonyl (C=O) groups excluding carboxylic acids is 1. The second-order valence-corrected chi connectivity index (χ2v) is 4.86. The molecule has 1 amide bonds. The van der Waals surface area contributed by atoms with Crippen molar-refractivity contribution < 1.29 is 18.0 Å². The third-order valence-corrected chi connectivity index (χ3v) is 3.21. The summed E-state index contributed by atoms with van der Waals surface area (Å²) in [5.41, 5.74) is -0.332. The van der Waals surface area contributed by atoms with Crippen molar-refractivity contribution in [2.24, 2.45) is 0 Å². The summed E-state index contributed by atoms with van der Waals surface area (Å²) in [7, 11) is 1.49. The van der Waals surface area contributed by atoms with E-state index in [9.17, 15) is 18.0 Å². The van der Waals surface area contributed by atoms with E-state index in [1.165, 1.54) is 24.1 Å². The number of hydrogen-bond acceptors (Lipinski definition) is 1. The fourth-order valence-electron chi connectivity index (χ4n) is 1.80. The number of halogens is 4. The van der Waals surface area contributed by atoms with Crippen LogP contribution in [0.25, 0.3) is 0 Å². The Balaban J connectivity index is 2.29. The monoisotopic (exact) mass is 313 g/mol. The van der Waals surface area contributed by atoms with E-state index >= 15 is 0 Å². The molecule has 0 aliphatic carbocycles. The molecule has 0 radical (unpaired) electrons. The molecule has 0 unspecified atom stereocenters. The molecule has 0 aliphatic heterocycles. The van der Waals surface area contributed by atoms with Gasteiger partial charge in [0, 0.05) is 23.3 Å². The molecule has 110 valence electrons. The molecule has 0 aliphatic rings. The van der Waals surface area contributed by atoms with Gasteiger partial charge in [-0.3, -0.25) is 4.79 Å². The predicted molar refractivity (Wildman–Crippen MR) is 75.6 cm³/mol. The molecule has 21 heavy (non-hydrogen) atoms. The number of anilines is 1. The van der Waals surface area contributed by atoms with Gasteiger partial charge in [-0.25, -0.2) is 0 Å². The lowest BCUT2D eigenvalue weighted by Gasteiger charge is -2.18. The summed E-state index contributed by atoms with van der Waals surface area (Å²) in [6, 6.07) is 10.8. The molecule has 2 aromatic carbocycles. The van der Waals surface area contributed by atoms with Gasteiger partial charge in [-0.15, -0.1) is 0 Å². The van der Waals surface area contributed by atoms with Crippen molar-refractivity contribution in [3.8, 4) is 0 Å². The lowest BCUT2D eigenvalue weighted by molar-refractivity contribution is -0.137. The Morgan fingerprint density at radius 1 is 1.10 bits per heavy atom. The summed E-state index contributed by atoms with van der Waals surface area (Å²) < 4.78 is 38.0. The minimum atomic E-state index is -4.48. The van der Waals surface area contributed by atoms with Gasteiger partial charge in [0.05, 0.1) is 5.56 Å². The highest BCUT2D eigenvalue weighted by molar-refractivity contribution is 6.30. The second-order valence-electron chi connectivity index (χ2n) is 4.42. The van der Waals surface area contributed by atoms with Gasteiger partial charge in [0.2, 0.25) is 0 Å². The van der Waals surface area contributed by atoms with Gasteiger partial charge in [-0.1, -0.05) is 17.7 Å². The first-order valence-electron chi connectivity index (χ1n) is 6.00. The van der Waals surface area contributed by atoms with Gasteiger partial charge in [0.25, 0.3) is 5.91 Å². The third-order valence-electron chi connectivity index (χ3n) is 2.96. The SMILES string of the molecule is CN(C(=O)c1cccc(C(F)(F)F)c1)c1ccc(Cl)cc1. The summed E-state index contributed by atoms with van der Waals surface area (Å²) in [6.07, 6.45) is -4.48. The molecular formula is C15H11ClF3NO. The van der Waals surface area contributed by atoms with E-state index in [0.717, 1.165) is 12.1 Å². The molecule has 0 aromatic heterocycles. The van der Waals surface area contributed by atoms with Crippen LogP contribution in [-0.2, 0) is 6.18 Å². The van der Waals surface area contributed by atoms with E-state index in [2.05, 4.69) is 0 Å². The third kappa shape index (κ3) is 3.55. The van der Waals surface area contributed by atoms with Crippen LogP contribution in [0.1, 0.15) is 15.9 Å². The van der Waals surface area contributed by atoms with Crippen LogP contribution in [-0.4, -0.2) is 13.0 Å². The van der Waals surface area contributed by atoms with Crippen LogP contribution in [0.2, 0.25) is 5.02 Å². The maximum Gasteiger partial charge on any atom is 0.416 e. The Hall–Kier alpha value is -2.01. The van der Waals surface area contributed by atoms with E-state index < -0.39 is 17.6 Å². The van der Waals surface area contributed by atoms with Crippen LogP contribution in [0.5, 0.6) is 0 Å². The van der Waals surface area contributed by atoms with E-state index in [1.807, 2.05) is 0 Å². The molecule has 0 fully saturated rings. The molecule has 2 rings (SSSR count). The Morgan fingerprint density at radius 3 is 2.29 bits per heavy atom. The number of alkyl halides is 3. The fraction of sp³-hybridized carbons (Fsp3) is 0.133. The van der Waals surface area contributed by atoms with E-state index in [1.54, 1.807) is 24.3 Å². The lowest BCUT2D eigenvalue weighted by atomic mass is 10.1. The standard InChI is InChI=1S/C15H11ClF3NO/c1-20(13-7-5-12(16)6-8-13)14(21)10-3-2-4-11(9-10)15(17,18)19/h2-9H,1H3. The zero-order chi connectivity index (χ0) is 15.6. The molecule has 6 heteroatoms. The van der Waals surface area contributed by atoms with Crippen molar-refractivity contribution in [3.63, 3.8) is 0 Å². The number of amides is 1. The number of benzene rings is 2. The first-order chi connectivity index (χ1) is 9.79. The Labute approximate surface area is 124 Å². The smallest absolute Gasteiger partial charge is 0.311 e. The molecule has 0 saturated carbocycles. The summed E-state index contributed by atoms with van der Waals surface area (Å²) in [4.78, 5) is 13.5. The van der Waals surface area contributed by atoms with Crippen molar-refractivity contribution in [2.45, 2.75) is 6.18 Å². The topological polar surface area (TPSA) is 20.3 Å². The van der Waals surface area contributed by atoms with Gasteiger partial charge < -0.3 is 4.90 Å². The molecule has 0 saturated heterocycles. The zero-order valence-electron chi connectivity index (χ0n) is 11.0. The van der Waals surface area contributed by atoms with Crippen molar-refractivity contribution in [1.82, 2.24) is 0 Å². The van der Waals surface area contributed by atoms with Crippen LogP contribution in [0.15, 0.2) is 48.5 Å². The van der Waals surface area contributed by atoms with Crippen molar-refractivity contribution >= 4 is 23.2 Å². The second kappa shape index (κ2) is 5.77. The summed E-state index contributed by atoms with van der Waals surface area (Å²) in [6.45, 7) is 0. The fourth-order valence-corrected chi connectivity index (χ4v) is 1.93. The number of nitrogens with zero attached hydrogens (tertiary/aromatic N) is 1. The van der Waals surface area contributed by atoms with Crippen LogP contribution in [0, 0.1) is 0 Å². The van der Waals surface area contributed by atoms with E-state index in [0.29, 0.717) is 10.7 Å². The van der Waals surface area contributed by atoms with Gasteiger partial charge in [-0.2, -0.15) is 13.2 Å². The zero-order valence-corrected chi connectivity index (χ0v) is 11.7. The van der Waals surface area contributed by atoms with Gasteiger partial charge in [-0.05, 0) is 42.5 Å². The highest BCUT2D eigenvalue weighted by Crippen LogP contribution is 2.30. The van der Waals surface area contributed by atoms with Crippen LogP contribution < -0.4 is 4.90 Å². The molecule has 0 spiro atoms. The number of rotatable bonds is 2. The van der Waals surface area contributed by atoms with Crippen molar-refractivity contribution in [3.05, 3.63) is 64.7 Å². The first kappa shape index (κ1) is 15.4. The highest BCUT2D eigenvalue weighted by atomic mass is 35.5. The van der Waals surface area contributed by atoms with Gasteiger partial charge in [0.15, 0.2) is 0 Å².